The second-order valence-corrected chi connectivity index (χ2v) is 12.6. The van der Waals surface area contributed by atoms with Crippen LogP contribution in [-0.2, 0) is 4.79 Å². The van der Waals surface area contributed by atoms with Crippen LogP contribution in [0.1, 0.15) is 58.4 Å². The van der Waals surface area contributed by atoms with E-state index in [1.54, 1.807) is 22.5 Å². The number of carbonyl (C=O) groups is 1. The highest BCUT2D eigenvalue weighted by atomic mass is 32.1. The topological polar surface area (TPSA) is 72.7 Å². The molecule has 1 fully saturated rings. The van der Waals surface area contributed by atoms with Crippen LogP contribution in [0.25, 0.3) is 15.0 Å². The molecular formula is C30H42N6O2S. The van der Waals surface area contributed by atoms with Gasteiger partial charge in [-0.1, -0.05) is 32.9 Å². The molecule has 1 aromatic carbocycles. The first-order chi connectivity index (χ1) is 18.8. The number of likely N-dealkylation sites (N-methyl/N-ethyl adjacent to an activating group) is 1. The third kappa shape index (κ3) is 5.76. The number of benzene rings is 1. The lowest BCUT2D eigenvalue weighted by Gasteiger charge is -2.33. The van der Waals surface area contributed by atoms with E-state index in [1.807, 2.05) is 26.2 Å². The summed E-state index contributed by atoms with van der Waals surface area (Å²) in [6.07, 6.45) is 6.62. The number of aromatic nitrogens is 1. The fourth-order valence-corrected chi connectivity index (χ4v) is 6.54. The molecule has 8 nitrogen and oxygen atoms in total. The molecule has 2 aliphatic rings. The smallest absolute Gasteiger partial charge is 0.230 e. The second-order valence-electron chi connectivity index (χ2n) is 11.6. The molecule has 0 radical (unpaired) electrons. The van der Waals surface area contributed by atoms with Crippen molar-refractivity contribution < 1.29 is 4.79 Å². The predicted octanol–water partition coefficient (Wildman–Crippen LogP) is 5.10. The number of carbonyl (C=O) groups excluding carboxylic acids is 1. The van der Waals surface area contributed by atoms with Crippen molar-refractivity contribution in [2.24, 2.45) is 16.8 Å². The molecular weight excluding hydrogens is 508 g/mol. The van der Waals surface area contributed by atoms with Gasteiger partial charge in [0.15, 0.2) is 6.29 Å². The summed E-state index contributed by atoms with van der Waals surface area (Å²) in [5, 5.41) is 3.65. The van der Waals surface area contributed by atoms with Crippen molar-refractivity contribution in [2.75, 3.05) is 50.5 Å². The molecule has 3 heterocycles. The summed E-state index contributed by atoms with van der Waals surface area (Å²) in [6, 6.07) is 8.23. The zero-order valence-corrected chi connectivity index (χ0v) is 24.8. The normalized spacial score (nSPS) is 17.0. The van der Waals surface area contributed by atoms with Gasteiger partial charge in [-0.15, -0.1) is 11.3 Å². The number of nitrogens with zero attached hydrogens (tertiary/aromatic N) is 5. The number of para-hydroxylation sites is 1. The Balaban J connectivity index is 1.63. The highest BCUT2D eigenvalue weighted by molar-refractivity contribution is 7.24. The summed E-state index contributed by atoms with van der Waals surface area (Å²) in [6.45, 7) is 9.75. The number of hydrogen-bond donors (Lipinski definition) is 1. The Morgan fingerprint density at radius 2 is 1.92 bits per heavy atom. The van der Waals surface area contributed by atoms with Crippen molar-refractivity contribution in [3.05, 3.63) is 40.1 Å². The van der Waals surface area contributed by atoms with Gasteiger partial charge < -0.3 is 15.1 Å². The molecule has 39 heavy (non-hydrogen) atoms. The Bertz CT molecular complexity index is 1420. The van der Waals surface area contributed by atoms with Crippen molar-refractivity contribution in [3.63, 3.8) is 0 Å². The molecule has 5 rings (SSSR count). The van der Waals surface area contributed by atoms with Crippen molar-refractivity contribution in [1.82, 2.24) is 14.2 Å². The average Bonchev–Trinajstić information content (AvgIpc) is 3.69. The van der Waals surface area contributed by atoms with Crippen molar-refractivity contribution >= 4 is 50.0 Å². The van der Waals surface area contributed by atoms with Gasteiger partial charge >= 0.3 is 0 Å². The minimum atomic E-state index is -0.234. The minimum Gasteiger partial charge on any atom is -0.336 e. The van der Waals surface area contributed by atoms with E-state index in [4.69, 9.17) is 4.99 Å². The number of aliphatic imine (C=N–C) groups is 1. The number of pyridine rings is 1. The average molecular weight is 551 g/mol. The number of amides is 1. The Labute approximate surface area is 235 Å². The zero-order chi connectivity index (χ0) is 27.7. The van der Waals surface area contributed by atoms with Crippen LogP contribution in [0, 0.1) is 11.8 Å². The fraction of sp³-hybridized carbons (Fsp3) is 0.567. The highest BCUT2D eigenvalue weighted by Gasteiger charge is 2.37. The van der Waals surface area contributed by atoms with Gasteiger partial charge in [0.05, 0.1) is 15.8 Å². The van der Waals surface area contributed by atoms with Gasteiger partial charge in [0.25, 0.3) is 0 Å². The van der Waals surface area contributed by atoms with Gasteiger partial charge in [0, 0.05) is 38.3 Å². The van der Waals surface area contributed by atoms with Crippen LogP contribution in [-0.4, -0.2) is 72.9 Å². The molecule has 0 spiro atoms. The molecule has 9 heteroatoms. The standard InChI is InChI=1S/C30H42N6O2S/c1-6-15-34(16-9-10-20(2)3)30-31-19-22-26(37)25(35(18-17-33(4)5)28(38)21-13-14-21)29-36(27(22)32-30)23-11-7-8-12-24(23)39-29/h7-8,11-12,19-21,30,32H,6,9-10,13-18H2,1-5H3. The highest BCUT2D eigenvalue weighted by Crippen LogP contribution is 2.39. The van der Waals surface area contributed by atoms with Crippen LogP contribution in [0.3, 0.4) is 0 Å². The Morgan fingerprint density at radius 1 is 1.15 bits per heavy atom. The van der Waals surface area contributed by atoms with Gasteiger partial charge in [-0.25, -0.2) is 0 Å². The van der Waals surface area contributed by atoms with Gasteiger partial charge in [0.2, 0.25) is 11.3 Å². The molecule has 3 aromatic rings. The van der Waals surface area contributed by atoms with Crippen molar-refractivity contribution in [3.8, 4) is 0 Å². The van der Waals surface area contributed by atoms with Gasteiger partial charge in [-0.2, -0.15) is 0 Å². The van der Waals surface area contributed by atoms with Crippen LogP contribution in [0.4, 0.5) is 11.5 Å². The second kappa shape index (κ2) is 11.8. The fourth-order valence-electron chi connectivity index (χ4n) is 5.34. The zero-order valence-electron chi connectivity index (χ0n) is 23.9. The maximum absolute atomic E-state index is 14.2. The number of fused-ring (bicyclic) bond motifs is 5. The van der Waals surface area contributed by atoms with Gasteiger partial charge in [-0.05, 0) is 64.3 Å². The largest absolute Gasteiger partial charge is 0.336 e. The lowest BCUT2D eigenvalue weighted by molar-refractivity contribution is -0.119. The number of rotatable bonds is 12. The molecule has 1 atom stereocenters. The summed E-state index contributed by atoms with van der Waals surface area (Å²) < 4.78 is 3.24. The lowest BCUT2D eigenvalue weighted by atomic mass is 10.1. The van der Waals surface area contributed by atoms with E-state index in [-0.39, 0.29) is 23.5 Å². The van der Waals surface area contributed by atoms with Gasteiger partial charge in [0.1, 0.15) is 16.3 Å². The molecule has 2 aromatic heterocycles. The maximum atomic E-state index is 14.2. The Kier molecular flexibility index (Phi) is 8.40. The Morgan fingerprint density at radius 3 is 2.62 bits per heavy atom. The summed E-state index contributed by atoms with van der Waals surface area (Å²) in [4.78, 5) is 39.7. The number of anilines is 2. The van der Waals surface area contributed by atoms with E-state index in [1.165, 1.54) is 6.42 Å². The quantitative estimate of drug-likeness (QED) is 0.340. The van der Waals surface area contributed by atoms with Gasteiger partial charge in [-0.3, -0.25) is 23.9 Å². The Hall–Kier alpha value is -2.75. The van der Waals surface area contributed by atoms with Crippen LogP contribution in [0.15, 0.2) is 34.1 Å². The predicted molar refractivity (Wildman–Crippen MR) is 164 cm³/mol. The molecule has 1 N–H and O–H groups in total. The third-order valence-corrected chi connectivity index (χ3v) is 8.72. The number of thiazole rings is 1. The van der Waals surface area contributed by atoms with E-state index < -0.39 is 0 Å². The van der Waals surface area contributed by atoms with E-state index in [0.29, 0.717) is 30.3 Å². The lowest BCUT2D eigenvalue weighted by Crippen LogP contribution is -2.45. The first-order valence-electron chi connectivity index (χ1n) is 14.4. The van der Waals surface area contributed by atoms with Crippen molar-refractivity contribution in [2.45, 2.75) is 59.2 Å². The summed E-state index contributed by atoms with van der Waals surface area (Å²) >= 11 is 1.58. The van der Waals surface area contributed by atoms with E-state index in [2.05, 4.69) is 52.4 Å². The maximum Gasteiger partial charge on any atom is 0.230 e. The number of nitrogens with one attached hydrogen (secondary N) is 1. The van der Waals surface area contributed by atoms with E-state index in [0.717, 1.165) is 59.6 Å². The molecule has 1 saturated carbocycles. The SMILES string of the molecule is CCCN(CCCC(C)C)C1N=Cc2c(n3c(sc4ccccc43)c(N(CCN(C)C)C(=O)C3CC3)c2=O)N1. The third-order valence-electron chi connectivity index (χ3n) is 7.58. The van der Waals surface area contributed by atoms with Crippen LogP contribution >= 0.6 is 11.3 Å². The van der Waals surface area contributed by atoms with E-state index >= 15 is 0 Å². The van der Waals surface area contributed by atoms with E-state index in [9.17, 15) is 9.59 Å². The summed E-state index contributed by atoms with van der Waals surface area (Å²) in [7, 11) is 3.99. The molecule has 1 amide bonds. The molecule has 1 unspecified atom stereocenters. The number of hydrogen-bond acceptors (Lipinski definition) is 7. The molecule has 0 bridgehead atoms. The van der Waals surface area contributed by atoms with Crippen LogP contribution in [0.5, 0.6) is 0 Å². The molecule has 0 saturated heterocycles. The molecule has 1 aliphatic heterocycles. The minimum absolute atomic E-state index is 0.0154. The molecule has 1 aliphatic carbocycles. The van der Waals surface area contributed by atoms with Crippen molar-refractivity contribution in [1.29, 1.82) is 0 Å². The van der Waals surface area contributed by atoms with Crippen LogP contribution < -0.4 is 15.6 Å². The van der Waals surface area contributed by atoms with Crippen LogP contribution in [0.2, 0.25) is 0 Å². The molecule has 210 valence electrons. The summed E-state index contributed by atoms with van der Waals surface area (Å²) in [5.74, 6) is 1.51. The first kappa shape index (κ1) is 27.8. The monoisotopic (exact) mass is 550 g/mol. The first-order valence-corrected chi connectivity index (χ1v) is 15.2. The summed E-state index contributed by atoms with van der Waals surface area (Å²) in [5.41, 5.74) is 1.92.